The van der Waals surface area contributed by atoms with Crippen LogP contribution in [0.15, 0.2) is 48.5 Å². The number of benzene rings is 2. The van der Waals surface area contributed by atoms with Crippen LogP contribution >= 0.6 is 22.6 Å². The molecule has 0 saturated carbocycles. The second-order valence-electron chi connectivity index (χ2n) is 4.50. The number of halogens is 1. The van der Waals surface area contributed by atoms with Gasteiger partial charge in [-0.3, -0.25) is 9.59 Å². The maximum absolute atomic E-state index is 12.1. The van der Waals surface area contributed by atoms with E-state index < -0.39 is 5.97 Å². The number of carbonyl (C=O) groups is 2. The number of carboxylic acids is 1. The summed E-state index contributed by atoms with van der Waals surface area (Å²) in [6.45, 7) is 0.313. The van der Waals surface area contributed by atoms with Crippen molar-refractivity contribution in [3.05, 3.63) is 68.8 Å². The Labute approximate surface area is 136 Å². The SMILES string of the molecule is O=C(O)Cc1ccccc1CNC(=O)c1ccccc1I. The molecule has 0 fully saturated rings. The lowest BCUT2D eigenvalue weighted by Gasteiger charge is -2.10. The highest BCUT2D eigenvalue weighted by molar-refractivity contribution is 14.1. The lowest BCUT2D eigenvalue weighted by atomic mass is 10.0. The van der Waals surface area contributed by atoms with Crippen LogP contribution in [-0.4, -0.2) is 17.0 Å². The summed E-state index contributed by atoms with van der Waals surface area (Å²) in [5.74, 6) is -1.04. The molecule has 0 unspecified atom stereocenters. The van der Waals surface area contributed by atoms with Crippen LogP contribution in [0.1, 0.15) is 21.5 Å². The number of hydrogen-bond donors (Lipinski definition) is 2. The van der Waals surface area contributed by atoms with Gasteiger partial charge in [0, 0.05) is 10.1 Å². The topological polar surface area (TPSA) is 66.4 Å². The van der Waals surface area contributed by atoms with Gasteiger partial charge in [0.05, 0.1) is 12.0 Å². The fourth-order valence-corrected chi connectivity index (χ4v) is 2.61. The third kappa shape index (κ3) is 4.29. The summed E-state index contributed by atoms with van der Waals surface area (Å²) in [7, 11) is 0. The maximum atomic E-state index is 12.1. The summed E-state index contributed by atoms with van der Waals surface area (Å²) in [4.78, 5) is 23.0. The molecule has 2 rings (SSSR count). The molecule has 2 aromatic carbocycles. The van der Waals surface area contributed by atoms with Crippen molar-refractivity contribution < 1.29 is 14.7 Å². The molecule has 0 aliphatic carbocycles. The minimum absolute atomic E-state index is 0.0467. The van der Waals surface area contributed by atoms with Crippen molar-refractivity contribution in [2.24, 2.45) is 0 Å². The quantitative estimate of drug-likeness (QED) is 0.766. The highest BCUT2D eigenvalue weighted by Gasteiger charge is 2.11. The first-order valence-corrected chi connectivity index (χ1v) is 7.47. The molecule has 0 aliphatic rings. The van der Waals surface area contributed by atoms with Crippen molar-refractivity contribution in [2.45, 2.75) is 13.0 Å². The second-order valence-corrected chi connectivity index (χ2v) is 5.66. The Hall–Kier alpha value is -1.89. The van der Waals surface area contributed by atoms with Crippen molar-refractivity contribution in [3.63, 3.8) is 0 Å². The molecule has 2 aromatic rings. The molecule has 0 saturated heterocycles. The molecule has 0 aromatic heterocycles. The Morgan fingerprint density at radius 1 is 1.00 bits per heavy atom. The molecule has 0 atom stereocenters. The van der Waals surface area contributed by atoms with Crippen LogP contribution in [0, 0.1) is 3.57 Å². The molecule has 108 valence electrons. The van der Waals surface area contributed by atoms with E-state index in [2.05, 4.69) is 27.9 Å². The van der Waals surface area contributed by atoms with Gasteiger partial charge in [0.1, 0.15) is 0 Å². The van der Waals surface area contributed by atoms with Gasteiger partial charge in [-0.15, -0.1) is 0 Å². The van der Waals surface area contributed by atoms with Crippen molar-refractivity contribution >= 4 is 34.5 Å². The standard InChI is InChI=1S/C16H14INO3/c17-14-8-4-3-7-13(14)16(21)18-10-12-6-2-1-5-11(12)9-15(19)20/h1-8H,9-10H2,(H,18,21)(H,19,20). The van der Waals surface area contributed by atoms with Gasteiger partial charge in [0.25, 0.3) is 5.91 Å². The van der Waals surface area contributed by atoms with Crippen LogP contribution in [-0.2, 0) is 17.8 Å². The fraction of sp³-hybridized carbons (Fsp3) is 0.125. The molecule has 0 heterocycles. The number of hydrogen-bond acceptors (Lipinski definition) is 2. The van der Waals surface area contributed by atoms with E-state index in [0.29, 0.717) is 17.7 Å². The summed E-state index contributed by atoms with van der Waals surface area (Å²) >= 11 is 2.11. The van der Waals surface area contributed by atoms with E-state index >= 15 is 0 Å². The van der Waals surface area contributed by atoms with Crippen molar-refractivity contribution in [2.75, 3.05) is 0 Å². The van der Waals surface area contributed by atoms with Crippen molar-refractivity contribution in [3.8, 4) is 0 Å². The van der Waals surface area contributed by atoms with Gasteiger partial charge < -0.3 is 10.4 Å². The van der Waals surface area contributed by atoms with Gasteiger partial charge in [-0.2, -0.15) is 0 Å². The molecule has 0 radical (unpaired) electrons. The number of nitrogens with one attached hydrogen (secondary N) is 1. The largest absolute Gasteiger partial charge is 0.481 e. The molecule has 0 spiro atoms. The van der Waals surface area contributed by atoms with Gasteiger partial charge in [-0.25, -0.2) is 0 Å². The average molecular weight is 395 g/mol. The Balaban J connectivity index is 2.08. The van der Waals surface area contributed by atoms with Crippen LogP contribution in [0.5, 0.6) is 0 Å². The highest BCUT2D eigenvalue weighted by Crippen LogP contribution is 2.13. The fourth-order valence-electron chi connectivity index (χ4n) is 1.98. The Morgan fingerprint density at radius 3 is 2.29 bits per heavy atom. The van der Waals surface area contributed by atoms with Gasteiger partial charge in [0.15, 0.2) is 0 Å². The summed E-state index contributed by atoms with van der Waals surface area (Å²) in [6, 6.07) is 14.5. The van der Waals surface area contributed by atoms with Crippen LogP contribution in [0.3, 0.4) is 0 Å². The number of aliphatic carboxylic acids is 1. The highest BCUT2D eigenvalue weighted by atomic mass is 127. The zero-order chi connectivity index (χ0) is 15.2. The first-order chi connectivity index (χ1) is 10.1. The molecule has 2 N–H and O–H groups in total. The molecule has 0 aliphatic heterocycles. The zero-order valence-corrected chi connectivity index (χ0v) is 13.3. The Bertz CT molecular complexity index is 670. The number of carbonyl (C=O) groups excluding carboxylic acids is 1. The zero-order valence-electron chi connectivity index (χ0n) is 11.2. The number of amides is 1. The lowest BCUT2D eigenvalue weighted by molar-refractivity contribution is -0.136. The molecular weight excluding hydrogens is 381 g/mol. The van der Waals surface area contributed by atoms with Crippen LogP contribution in [0.25, 0.3) is 0 Å². The maximum Gasteiger partial charge on any atom is 0.307 e. The summed E-state index contributed by atoms with van der Waals surface area (Å²) in [6.07, 6.45) is -0.0467. The summed E-state index contributed by atoms with van der Waals surface area (Å²) in [5, 5.41) is 11.7. The Kier molecular flexibility index (Phi) is 5.32. The first-order valence-electron chi connectivity index (χ1n) is 6.39. The molecule has 5 heteroatoms. The van der Waals surface area contributed by atoms with Gasteiger partial charge >= 0.3 is 5.97 Å². The van der Waals surface area contributed by atoms with Gasteiger partial charge in [0.2, 0.25) is 0 Å². The Morgan fingerprint density at radius 2 is 1.62 bits per heavy atom. The van der Waals surface area contributed by atoms with Crippen molar-refractivity contribution in [1.82, 2.24) is 5.32 Å². The number of rotatable bonds is 5. The second kappa shape index (κ2) is 7.21. The average Bonchev–Trinajstić information content (AvgIpc) is 2.46. The van der Waals surface area contributed by atoms with E-state index in [1.165, 1.54) is 0 Å². The van der Waals surface area contributed by atoms with E-state index in [9.17, 15) is 9.59 Å². The molecular formula is C16H14INO3. The minimum atomic E-state index is -0.883. The van der Waals surface area contributed by atoms with E-state index in [4.69, 9.17) is 5.11 Å². The third-order valence-corrected chi connectivity index (χ3v) is 3.96. The van der Waals surface area contributed by atoms with Crippen LogP contribution in [0.2, 0.25) is 0 Å². The smallest absolute Gasteiger partial charge is 0.307 e. The summed E-state index contributed by atoms with van der Waals surface area (Å²) < 4.78 is 0.881. The van der Waals surface area contributed by atoms with Crippen molar-refractivity contribution in [1.29, 1.82) is 0 Å². The third-order valence-electron chi connectivity index (χ3n) is 3.02. The van der Waals surface area contributed by atoms with E-state index in [0.717, 1.165) is 9.13 Å². The van der Waals surface area contributed by atoms with E-state index in [1.807, 2.05) is 30.3 Å². The van der Waals surface area contributed by atoms with Crippen LogP contribution in [0.4, 0.5) is 0 Å². The minimum Gasteiger partial charge on any atom is -0.481 e. The predicted octanol–water partition coefficient (Wildman–Crippen LogP) is 2.85. The molecule has 4 nitrogen and oxygen atoms in total. The van der Waals surface area contributed by atoms with E-state index in [1.54, 1.807) is 18.2 Å². The summed E-state index contributed by atoms with van der Waals surface area (Å²) in [5.41, 5.74) is 2.15. The number of carboxylic acid groups (broad SMARTS) is 1. The first kappa shape index (κ1) is 15.5. The molecule has 1 amide bonds. The molecule has 21 heavy (non-hydrogen) atoms. The normalized spacial score (nSPS) is 10.1. The lowest BCUT2D eigenvalue weighted by Crippen LogP contribution is -2.24. The van der Waals surface area contributed by atoms with Crippen LogP contribution < -0.4 is 5.32 Å². The molecule has 0 bridgehead atoms. The predicted molar refractivity (Wildman–Crippen MR) is 88.1 cm³/mol. The van der Waals surface area contributed by atoms with Gasteiger partial charge in [-0.05, 0) is 45.9 Å². The monoisotopic (exact) mass is 395 g/mol. The van der Waals surface area contributed by atoms with E-state index in [-0.39, 0.29) is 12.3 Å². The van der Waals surface area contributed by atoms with Gasteiger partial charge in [-0.1, -0.05) is 36.4 Å².